The minimum atomic E-state index is -0.548. The first-order valence-electron chi connectivity index (χ1n) is 7.13. The van der Waals surface area contributed by atoms with E-state index in [4.69, 9.17) is 4.74 Å². The molecule has 5 nitrogen and oxygen atoms in total. The van der Waals surface area contributed by atoms with Gasteiger partial charge in [-0.2, -0.15) is 0 Å². The largest absolute Gasteiger partial charge is 0.444 e. The molecule has 1 amide bonds. The molecular weight excluding hydrogens is 258 g/mol. The van der Waals surface area contributed by atoms with Gasteiger partial charge in [0, 0.05) is 18.5 Å². The van der Waals surface area contributed by atoms with Gasteiger partial charge in [-0.25, -0.2) is 4.79 Å². The molecule has 0 aromatic heterocycles. The van der Waals surface area contributed by atoms with Crippen LogP contribution in [0.2, 0.25) is 0 Å². The number of hydrogen-bond donors (Lipinski definition) is 0. The molecule has 0 aromatic carbocycles. The van der Waals surface area contributed by atoms with Gasteiger partial charge in [0.25, 0.3) is 0 Å². The van der Waals surface area contributed by atoms with Gasteiger partial charge in [0.15, 0.2) is 0 Å². The minimum absolute atomic E-state index is 0.0445. The Hall–Kier alpha value is -1.39. The van der Waals surface area contributed by atoms with Gasteiger partial charge in [0.05, 0.1) is 6.42 Å². The first-order valence-corrected chi connectivity index (χ1v) is 7.13. The molecule has 1 rings (SSSR count). The first kappa shape index (κ1) is 16.7. The van der Waals surface area contributed by atoms with Crippen LogP contribution in [0.5, 0.6) is 0 Å². The van der Waals surface area contributed by atoms with Crippen molar-refractivity contribution in [2.75, 3.05) is 6.54 Å². The molecular formula is C15H25NO4. The molecule has 0 aromatic rings. The molecule has 0 spiro atoms. The molecule has 2 atom stereocenters. The number of amides is 1. The molecule has 0 bridgehead atoms. The van der Waals surface area contributed by atoms with Crippen LogP contribution in [0.25, 0.3) is 0 Å². The van der Waals surface area contributed by atoms with Gasteiger partial charge in [0.1, 0.15) is 17.2 Å². The fourth-order valence-corrected chi connectivity index (χ4v) is 2.53. The lowest BCUT2D eigenvalue weighted by molar-refractivity contribution is -0.130. The summed E-state index contributed by atoms with van der Waals surface area (Å²) in [6, 6.07) is -0.217. The fraction of sp³-hybridized carbons (Fsp3) is 0.800. The van der Waals surface area contributed by atoms with Gasteiger partial charge < -0.3 is 9.64 Å². The predicted molar refractivity (Wildman–Crippen MR) is 75.4 cm³/mol. The zero-order chi connectivity index (χ0) is 15.5. The molecule has 0 radical (unpaired) electrons. The van der Waals surface area contributed by atoms with Crippen LogP contribution < -0.4 is 0 Å². The molecule has 1 aliphatic rings. The second kappa shape index (κ2) is 6.37. The Morgan fingerprint density at radius 2 is 1.85 bits per heavy atom. The number of likely N-dealkylation sites (tertiary alicyclic amines) is 1. The maximum atomic E-state index is 12.1. The van der Waals surface area contributed by atoms with Crippen LogP contribution in [0.4, 0.5) is 4.79 Å². The van der Waals surface area contributed by atoms with Crippen molar-refractivity contribution in [2.24, 2.45) is 5.92 Å². The van der Waals surface area contributed by atoms with Crippen molar-refractivity contribution in [1.29, 1.82) is 0 Å². The zero-order valence-corrected chi connectivity index (χ0v) is 13.1. The van der Waals surface area contributed by atoms with E-state index in [0.717, 1.165) is 12.8 Å². The average Bonchev–Trinajstić information content (AvgIpc) is 2.25. The minimum Gasteiger partial charge on any atom is -0.444 e. The molecule has 1 saturated heterocycles. The molecule has 0 unspecified atom stereocenters. The third-order valence-electron chi connectivity index (χ3n) is 3.45. The second-order valence-corrected chi connectivity index (χ2v) is 6.51. The Kier molecular flexibility index (Phi) is 5.31. The van der Waals surface area contributed by atoms with E-state index in [1.165, 1.54) is 6.92 Å². The van der Waals surface area contributed by atoms with Gasteiger partial charge in [-0.05, 0) is 47.5 Å². The smallest absolute Gasteiger partial charge is 0.410 e. The van der Waals surface area contributed by atoms with Crippen molar-refractivity contribution in [3.8, 4) is 0 Å². The predicted octanol–water partition coefficient (Wildman–Crippen LogP) is 2.57. The van der Waals surface area contributed by atoms with E-state index in [9.17, 15) is 14.4 Å². The van der Waals surface area contributed by atoms with Gasteiger partial charge in [0.2, 0.25) is 0 Å². The summed E-state index contributed by atoms with van der Waals surface area (Å²) in [4.78, 5) is 36.9. The summed E-state index contributed by atoms with van der Waals surface area (Å²) in [7, 11) is 0. The molecule has 5 heteroatoms. The zero-order valence-electron chi connectivity index (χ0n) is 13.1. The highest BCUT2D eigenvalue weighted by Crippen LogP contribution is 2.27. The Labute approximate surface area is 120 Å². The number of hydrogen-bond acceptors (Lipinski definition) is 4. The highest BCUT2D eigenvalue weighted by Gasteiger charge is 2.37. The molecule has 114 valence electrons. The lowest BCUT2D eigenvalue weighted by atomic mass is 9.85. The van der Waals surface area contributed by atoms with E-state index in [2.05, 4.69) is 0 Å². The lowest BCUT2D eigenvalue weighted by Crippen LogP contribution is -2.50. The molecule has 1 fully saturated rings. The number of rotatable bonds is 3. The molecule has 1 aliphatic heterocycles. The van der Waals surface area contributed by atoms with Crippen molar-refractivity contribution < 1.29 is 19.1 Å². The van der Waals surface area contributed by atoms with Crippen molar-refractivity contribution >= 4 is 17.7 Å². The third kappa shape index (κ3) is 4.62. The summed E-state index contributed by atoms with van der Waals surface area (Å²) < 4.78 is 5.37. The summed E-state index contributed by atoms with van der Waals surface area (Å²) in [6.07, 6.45) is 1.06. The third-order valence-corrected chi connectivity index (χ3v) is 3.45. The van der Waals surface area contributed by atoms with Gasteiger partial charge in [-0.3, -0.25) is 9.59 Å². The fourth-order valence-electron chi connectivity index (χ4n) is 2.53. The maximum absolute atomic E-state index is 12.1. The standard InChI is InChI=1S/C15H25NO4/c1-10(17)9-13(18)12-7-6-8-16(11(12)2)14(19)20-15(3,4)5/h11-12H,6-9H2,1-5H3/t11-,12-/m0/s1. The van der Waals surface area contributed by atoms with Crippen LogP contribution in [0, 0.1) is 5.92 Å². The number of ether oxygens (including phenoxy) is 1. The number of nitrogens with zero attached hydrogens (tertiary/aromatic N) is 1. The lowest BCUT2D eigenvalue weighted by Gasteiger charge is -2.39. The van der Waals surface area contributed by atoms with Crippen molar-refractivity contribution in [1.82, 2.24) is 4.90 Å². The quantitative estimate of drug-likeness (QED) is 0.747. The van der Waals surface area contributed by atoms with Crippen LogP contribution in [0.1, 0.15) is 53.9 Å². The Morgan fingerprint density at radius 1 is 1.25 bits per heavy atom. The highest BCUT2D eigenvalue weighted by atomic mass is 16.6. The van der Waals surface area contributed by atoms with Gasteiger partial charge in [-0.1, -0.05) is 0 Å². The number of ketones is 2. The number of carbonyl (C=O) groups excluding carboxylic acids is 3. The Morgan fingerprint density at radius 3 is 2.35 bits per heavy atom. The van der Waals surface area contributed by atoms with Gasteiger partial charge in [-0.15, -0.1) is 0 Å². The summed E-state index contributed by atoms with van der Waals surface area (Å²) in [5.41, 5.74) is -0.548. The number of carbonyl (C=O) groups is 3. The number of Topliss-reactive ketones (excluding diaryl/α,β-unsaturated/α-hetero) is 2. The van der Waals surface area contributed by atoms with E-state index in [1.54, 1.807) is 4.90 Å². The topological polar surface area (TPSA) is 63.7 Å². The van der Waals surface area contributed by atoms with Crippen LogP contribution in [0.3, 0.4) is 0 Å². The Bertz CT molecular complexity index is 397. The monoisotopic (exact) mass is 283 g/mol. The van der Waals surface area contributed by atoms with E-state index >= 15 is 0 Å². The molecule has 0 aliphatic carbocycles. The van der Waals surface area contributed by atoms with Gasteiger partial charge >= 0.3 is 6.09 Å². The van der Waals surface area contributed by atoms with Crippen LogP contribution in [-0.4, -0.2) is 40.7 Å². The van der Waals surface area contributed by atoms with Crippen molar-refractivity contribution in [3.05, 3.63) is 0 Å². The first-order chi connectivity index (χ1) is 9.11. The molecule has 0 saturated carbocycles. The van der Waals surface area contributed by atoms with Crippen molar-refractivity contribution in [2.45, 2.75) is 65.5 Å². The highest BCUT2D eigenvalue weighted by molar-refractivity contribution is 5.99. The summed E-state index contributed by atoms with van der Waals surface area (Å²) in [5.74, 6) is -0.463. The Balaban J connectivity index is 2.73. The van der Waals surface area contributed by atoms with Crippen LogP contribution >= 0.6 is 0 Å². The molecule has 20 heavy (non-hydrogen) atoms. The van der Waals surface area contributed by atoms with E-state index in [0.29, 0.717) is 6.54 Å². The van der Waals surface area contributed by atoms with Crippen LogP contribution in [0.15, 0.2) is 0 Å². The normalized spacial score (nSPS) is 23.4. The number of piperidine rings is 1. The summed E-state index contributed by atoms with van der Waals surface area (Å²) in [5, 5.41) is 0. The second-order valence-electron chi connectivity index (χ2n) is 6.51. The summed E-state index contributed by atoms with van der Waals surface area (Å²) >= 11 is 0. The molecule has 1 heterocycles. The van der Waals surface area contributed by atoms with Crippen molar-refractivity contribution in [3.63, 3.8) is 0 Å². The average molecular weight is 283 g/mol. The maximum Gasteiger partial charge on any atom is 0.410 e. The van der Waals surface area contributed by atoms with E-state index in [1.807, 2.05) is 27.7 Å². The SMILES string of the molecule is CC(=O)CC(=O)[C@H]1CCCN(C(=O)OC(C)(C)C)[C@H]1C. The molecule has 0 N–H and O–H groups in total. The van der Waals surface area contributed by atoms with E-state index in [-0.39, 0.29) is 36.0 Å². The summed E-state index contributed by atoms with van der Waals surface area (Å²) in [6.45, 7) is 9.32. The van der Waals surface area contributed by atoms with E-state index < -0.39 is 5.60 Å². The van der Waals surface area contributed by atoms with Crippen LogP contribution in [-0.2, 0) is 14.3 Å².